The lowest BCUT2D eigenvalue weighted by Crippen LogP contribution is -2.35. The summed E-state index contributed by atoms with van der Waals surface area (Å²) in [5.41, 5.74) is 4.71. The van der Waals surface area contributed by atoms with Crippen molar-refractivity contribution in [1.29, 1.82) is 0 Å². The van der Waals surface area contributed by atoms with E-state index >= 15 is 0 Å². The molecule has 33 heavy (non-hydrogen) atoms. The quantitative estimate of drug-likeness (QED) is 0.393. The van der Waals surface area contributed by atoms with E-state index in [1.165, 1.54) is 16.3 Å². The molecule has 0 spiro atoms. The van der Waals surface area contributed by atoms with Gasteiger partial charge in [-0.3, -0.25) is 0 Å². The maximum absolute atomic E-state index is 11.4. The molecule has 0 saturated heterocycles. The fourth-order valence-corrected chi connectivity index (χ4v) is 4.89. The van der Waals surface area contributed by atoms with E-state index in [4.69, 9.17) is 4.74 Å². The molecule has 2 unspecified atom stereocenters. The van der Waals surface area contributed by atoms with Gasteiger partial charge in [0.05, 0.1) is 5.56 Å². The number of benzene rings is 4. The summed E-state index contributed by atoms with van der Waals surface area (Å²) in [6.45, 7) is 3.38. The first-order chi connectivity index (χ1) is 16.1. The Morgan fingerprint density at radius 2 is 1.79 bits per heavy atom. The van der Waals surface area contributed by atoms with Gasteiger partial charge in [-0.2, -0.15) is 0 Å². The fraction of sp³-hybridized carbons (Fsp3) is 0.207. The van der Waals surface area contributed by atoms with Crippen molar-refractivity contribution in [3.8, 4) is 5.75 Å². The Morgan fingerprint density at radius 1 is 1.00 bits per heavy atom. The standard InChI is InChI=1S/C29H27NO3/c1-19-15-21(13-14-24(19)29(31)32)27-16-23(33-28-12-5-4-11-26(27)28)18-30-17-22-9-6-8-20-7-2-3-10-25(20)22/h2-15,23,27,30H,16-18H2,1H3,(H,31,32). The number of fused-ring (bicyclic) bond motifs is 2. The number of aryl methyl sites for hydroxylation is 1. The third kappa shape index (κ3) is 4.35. The highest BCUT2D eigenvalue weighted by atomic mass is 16.5. The maximum atomic E-state index is 11.4. The number of nitrogens with one attached hydrogen (secondary N) is 1. The summed E-state index contributed by atoms with van der Waals surface area (Å²) in [6.07, 6.45) is 0.866. The molecule has 0 saturated carbocycles. The van der Waals surface area contributed by atoms with Gasteiger partial charge in [0.25, 0.3) is 0 Å². The van der Waals surface area contributed by atoms with Gasteiger partial charge in [-0.15, -0.1) is 0 Å². The van der Waals surface area contributed by atoms with Crippen LogP contribution < -0.4 is 10.1 Å². The van der Waals surface area contributed by atoms with Crippen LogP contribution in [0, 0.1) is 6.92 Å². The van der Waals surface area contributed by atoms with Crippen LogP contribution in [-0.4, -0.2) is 23.7 Å². The molecule has 0 bridgehead atoms. The summed E-state index contributed by atoms with van der Waals surface area (Å²) in [7, 11) is 0. The summed E-state index contributed by atoms with van der Waals surface area (Å²) in [5.74, 6) is 0.188. The topological polar surface area (TPSA) is 58.6 Å². The fourth-order valence-electron chi connectivity index (χ4n) is 4.89. The minimum absolute atomic E-state index is 0.0272. The second kappa shape index (κ2) is 9.08. The number of carbonyl (C=O) groups is 1. The molecule has 0 aromatic heterocycles. The summed E-state index contributed by atoms with van der Waals surface area (Å²) >= 11 is 0. The summed E-state index contributed by atoms with van der Waals surface area (Å²) in [5, 5.41) is 15.5. The van der Waals surface area contributed by atoms with Gasteiger partial charge in [0.1, 0.15) is 11.9 Å². The van der Waals surface area contributed by atoms with Gasteiger partial charge in [0.2, 0.25) is 0 Å². The Kier molecular flexibility index (Phi) is 5.84. The van der Waals surface area contributed by atoms with Gasteiger partial charge < -0.3 is 15.2 Å². The lowest BCUT2D eigenvalue weighted by Gasteiger charge is -2.33. The maximum Gasteiger partial charge on any atom is 0.335 e. The van der Waals surface area contributed by atoms with Crippen LogP contribution in [0.25, 0.3) is 10.8 Å². The van der Waals surface area contributed by atoms with E-state index < -0.39 is 5.97 Å². The van der Waals surface area contributed by atoms with Crippen molar-refractivity contribution >= 4 is 16.7 Å². The first-order valence-electron chi connectivity index (χ1n) is 11.4. The molecule has 0 radical (unpaired) electrons. The normalized spacial score (nSPS) is 17.4. The molecule has 5 rings (SSSR count). The van der Waals surface area contributed by atoms with E-state index in [1.807, 2.05) is 37.3 Å². The molecule has 2 N–H and O–H groups in total. The molecular weight excluding hydrogens is 410 g/mol. The monoisotopic (exact) mass is 437 g/mol. The van der Waals surface area contributed by atoms with Crippen LogP contribution in [0.1, 0.15) is 45.0 Å². The van der Waals surface area contributed by atoms with Crippen LogP contribution in [0.5, 0.6) is 5.75 Å². The van der Waals surface area contributed by atoms with E-state index in [0.29, 0.717) is 5.56 Å². The third-order valence-electron chi connectivity index (χ3n) is 6.54. The average Bonchev–Trinajstić information content (AvgIpc) is 2.83. The molecule has 0 amide bonds. The van der Waals surface area contributed by atoms with Crippen LogP contribution in [0.3, 0.4) is 0 Å². The smallest absolute Gasteiger partial charge is 0.335 e. The largest absolute Gasteiger partial charge is 0.489 e. The predicted molar refractivity (Wildman–Crippen MR) is 131 cm³/mol. The number of ether oxygens (including phenoxy) is 1. The number of hydrogen-bond donors (Lipinski definition) is 2. The average molecular weight is 438 g/mol. The highest BCUT2D eigenvalue weighted by Crippen LogP contribution is 2.40. The van der Waals surface area contributed by atoms with Crippen LogP contribution in [0.2, 0.25) is 0 Å². The molecule has 0 fully saturated rings. The summed E-state index contributed by atoms with van der Waals surface area (Å²) < 4.78 is 6.34. The molecule has 4 aromatic rings. The number of rotatable bonds is 6. The number of para-hydroxylation sites is 1. The van der Waals surface area contributed by atoms with Gasteiger partial charge in [-0.1, -0.05) is 72.8 Å². The molecular formula is C29H27NO3. The molecule has 4 heteroatoms. The van der Waals surface area contributed by atoms with Crippen molar-refractivity contribution in [2.75, 3.05) is 6.54 Å². The van der Waals surface area contributed by atoms with Crippen LogP contribution >= 0.6 is 0 Å². The Morgan fingerprint density at radius 3 is 2.64 bits per heavy atom. The van der Waals surface area contributed by atoms with Gasteiger partial charge in [0.15, 0.2) is 0 Å². The van der Waals surface area contributed by atoms with Gasteiger partial charge in [-0.05, 0) is 52.9 Å². The van der Waals surface area contributed by atoms with Crippen molar-refractivity contribution in [2.45, 2.75) is 31.9 Å². The van der Waals surface area contributed by atoms with Crippen LogP contribution in [0.15, 0.2) is 84.9 Å². The molecule has 4 aromatic carbocycles. The van der Waals surface area contributed by atoms with Crippen LogP contribution in [0.4, 0.5) is 0 Å². The molecule has 1 aliphatic heterocycles. The van der Waals surface area contributed by atoms with Gasteiger partial charge >= 0.3 is 5.97 Å². The number of aromatic carboxylic acids is 1. The minimum atomic E-state index is -0.887. The van der Waals surface area contributed by atoms with Crippen molar-refractivity contribution in [3.05, 3.63) is 113 Å². The van der Waals surface area contributed by atoms with Crippen molar-refractivity contribution in [1.82, 2.24) is 5.32 Å². The van der Waals surface area contributed by atoms with Gasteiger partial charge in [0, 0.05) is 24.6 Å². The first kappa shape index (κ1) is 21.2. The molecule has 0 aliphatic carbocycles. The molecule has 2 atom stereocenters. The van der Waals surface area contributed by atoms with Crippen molar-refractivity contribution in [2.24, 2.45) is 0 Å². The SMILES string of the molecule is Cc1cc(C2CC(CNCc3cccc4ccccc34)Oc3ccccc32)ccc1C(=O)O. The number of carboxylic acids is 1. The van der Waals surface area contributed by atoms with Crippen molar-refractivity contribution in [3.63, 3.8) is 0 Å². The summed E-state index contributed by atoms with van der Waals surface area (Å²) in [4.78, 5) is 11.4. The van der Waals surface area contributed by atoms with E-state index in [-0.39, 0.29) is 12.0 Å². The highest BCUT2D eigenvalue weighted by molar-refractivity contribution is 5.89. The first-order valence-corrected chi connectivity index (χ1v) is 11.4. The Balaban J connectivity index is 1.35. The van der Waals surface area contributed by atoms with E-state index in [0.717, 1.165) is 42.0 Å². The zero-order valence-electron chi connectivity index (χ0n) is 18.6. The van der Waals surface area contributed by atoms with Crippen LogP contribution in [-0.2, 0) is 6.54 Å². The molecule has 4 nitrogen and oxygen atoms in total. The molecule has 1 heterocycles. The Hall–Kier alpha value is -3.63. The lowest BCUT2D eigenvalue weighted by molar-refractivity contribution is 0.0696. The summed E-state index contributed by atoms with van der Waals surface area (Å²) in [6, 6.07) is 28.7. The van der Waals surface area contributed by atoms with Crippen molar-refractivity contribution < 1.29 is 14.6 Å². The van der Waals surface area contributed by atoms with E-state index in [9.17, 15) is 9.90 Å². The predicted octanol–water partition coefficient (Wildman–Crippen LogP) is 5.92. The minimum Gasteiger partial charge on any atom is -0.489 e. The van der Waals surface area contributed by atoms with E-state index in [2.05, 4.69) is 53.8 Å². The van der Waals surface area contributed by atoms with Gasteiger partial charge in [-0.25, -0.2) is 4.79 Å². The third-order valence-corrected chi connectivity index (χ3v) is 6.54. The second-order valence-corrected chi connectivity index (χ2v) is 8.71. The number of hydrogen-bond acceptors (Lipinski definition) is 3. The Labute approximate surface area is 193 Å². The Bertz CT molecular complexity index is 1310. The lowest BCUT2D eigenvalue weighted by atomic mass is 9.83. The second-order valence-electron chi connectivity index (χ2n) is 8.71. The molecule has 166 valence electrons. The molecule has 1 aliphatic rings. The number of carboxylic acid groups (broad SMARTS) is 1. The zero-order valence-corrected chi connectivity index (χ0v) is 18.6. The van der Waals surface area contributed by atoms with E-state index in [1.54, 1.807) is 6.07 Å². The zero-order chi connectivity index (χ0) is 22.8. The highest BCUT2D eigenvalue weighted by Gasteiger charge is 2.29.